The first kappa shape index (κ1) is 23.0. The number of carboxylic acid groups (broad SMARTS) is 1. The highest BCUT2D eigenvalue weighted by molar-refractivity contribution is 5.87. The first-order valence-electron chi connectivity index (χ1n) is 10.4. The van der Waals surface area contributed by atoms with Crippen molar-refractivity contribution in [1.82, 2.24) is 4.57 Å². The van der Waals surface area contributed by atoms with Crippen molar-refractivity contribution in [3.8, 4) is 17.0 Å². The molecule has 0 aliphatic carbocycles. The highest BCUT2D eigenvalue weighted by Crippen LogP contribution is 2.44. The molecule has 0 unspecified atom stereocenters. The standard InChI is InChI=1S/C24H31NO6/c1-15-9-17-16(10-21(15)31-8-6-7-29-4)11-22(24(2,3)14-30-5)25-13-18(23(27)28)20(26)12-19(17)25/h9-10,12-13,22H,6-8,11,14H2,1-5H3,(H,27,28)/t22-/m1/s1. The Morgan fingerprint density at radius 1 is 1.19 bits per heavy atom. The van der Waals surface area contributed by atoms with E-state index in [1.54, 1.807) is 14.2 Å². The molecule has 31 heavy (non-hydrogen) atoms. The summed E-state index contributed by atoms with van der Waals surface area (Å²) in [6.45, 7) is 7.84. The maximum Gasteiger partial charge on any atom is 0.341 e. The van der Waals surface area contributed by atoms with Gasteiger partial charge in [0.25, 0.3) is 0 Å². The van der Waals surface area contributed by atoms with Crippen molar-refractivity contribution in [3.63, 3.8) is 0 Å². The Hall–Kier alpha value is -2.64. The highest BCUT2D eigenvalue weighted by Gasteiger charge is 2.36. The Morgan fingerprint density at radius 2 is 1.94 bits per heavy atom. The first-order chi connectivity index (χ1) is 14.7. The molecule has 1 atom stereocenters. The van der Waals surface area contributed by atoms with Crippen LogP contribution in [0.2, 0.25) is 0 Å². The quantitative estimate of drug-likeness (QED) is 0.612. The Balaban J connectivity index is 2.12. The van der Waals surface area contributed by atoms with Gasteiger partial charge in [0.05, 0.1) is 18.9 Å². The molecule has 0 saturated heterocycles. The van der Waals surface area contributed by atoms with E-state index in [1.165, 1.54) is 12.3 Å². The van der Waals surface area contributed by atoms with E-state index >= 15 is 0 Å². The third-order valence-electron chi connectivity index (χ3n) is 5.90. The van der Waals surface area contributed by atoms with E-state index < -0.39 is 11.4 Å². The molecule has 2 heterocycles. The van der Waals surface area contributed by atoms with Crippen LogP contribution in [0.1, 0.15) is 47.8 Å². The normalized spacial score (nSPS) is 15.3. The van der Waals surface area contributed by atoms with Crippen LogP contribution in [0.15, 0.2) is 29.2 Å². The van der Waals surface area contributed by atoms with E-state index in [1.807, 2.05) is 23.6 Å². The minimum atomic E-state index is -1.22. The van der Waals surface area contributed by atoms with Crippen molar-refractivity contribution >= 4 is 5.97 Å². The summed E-state index contributed by atoms with van der Waals surface area (Å²) >= 11 is 0. The number of pyridine rings is 1. The zero-order valence-corrected chi connectivity index (χ0v) is 18.9. The second-order valence-corrected chi connectivity index (χ2v) is 8.76. The third-order valence-corrected chi connectivity index (χ3v) is 5.90. The predicted molar refractivity (Wildman–Crippen MR) is 118 cm³/mol. The summed E-state index contributed by atoms with van der Waals surface area (Å²) in [5, 5.41) is 9.49. The molecular weight excluding hydrogens is 398 g/mol. The fourth-order valence-electron chi connectivity index (χ4n) is 4.29. The lowest BCUT2D eigenvalue weighted by Crippen LogP contribution is -2.37. The van der Waals surface area contributed by atoms with Crippen LogP contribution in [-0.2, 0) is 15.9 Å². The van der Waals surface area contributed by atoms with Gasteiger partial charge in [-0.3, -0.25) is 4.79 Å². The van der Waals surface area contributed by atoms with Crippen molar-refractivity contribution in [1.29, 1.82) is 0 Å². The molecular formula is C24H31NO6. The van der Waals surface area contributed by atoms with Crippen molar-refractivity contribution in [2.75, 3.05) is 34.0 Å². The van der Waals surface area contributed by atoms with Gasteiger partial charge in [0.2, 0.25) is 0 Å². The van der Waals surface area contributed by atoms with Gasteiger partial charge in [-0.15, -0.1) is 0 Å². The molecule has 0 radical (unpaired) electrons. The van der Waals surface area contributed by atoms with Gasteiger partial charge in [-0.2, -0.15) is 0 Å². The van der Waals surface area contributed by atoms with Gasteiger partial charge in [-0.1, -0.05) is 13.8 Å². The van der Waals surface area contributed by atoms with Crippen molar-refractivity contribution in [3.05, 3.63) is 51.3 Å². The minimum Gasteiger partial charge on any atom is -0.493 e. The van der Waals surface area contributed by atoms with Gasteiger partial charge in [-0.05, 0) is 36.6 Å². The largest absolute Gasteiger partial charge is 0.493 e. The van der Waals surface area contributed by atoms with Crippen LogP contribution in [0, 0.1) is 12.3 Å². The van der Waals surface area contributed by atoms with Gasteiger partial charge < -0.3 is 23.9 Å². The number of carbonyl (C=O) groups is 1. The van der Waals surface area contributed by atoms with Gasteiger partial charge in [-0.25, -0.2) is 4.79 Å². The summed E-state index contributed by atoms with van der Waals surface area (Å²) < 4.78 is 18.5. The Labute approximate surface area is 182 Å². The van der Waals surface area contributed by atoms with Gasteiger partial charge in [0, 0.05) is 56.5 Å². The van der Waals surface area contributed by atoms with E-state index in [0.717, 1.165) is 34.6 Å². The summed E-state index contributed by atoms with van der Waals surface area (Å²) in [4.78, 5) is 24.1. The number of rotatable bonds is 9. The Morgan fingerprint density at radius 3 is 2.58 bits per heavy atom. The van der Waals surface area contributed by atoms with Crippen molar-refractivity contribution < 1.29 is 24.1 Å². The van der Waals surface area contributed by atoms with E-state index in [2.05, 4.69) is 13.8 Å². The average Bonchev–Trinajstić information content (AvgIpc) is 2.70. The molecule has 0 saturated carbocycles. The van der Waals surface area contributed by atoms with Crippen LogP contribution in [0.5, 0.6) is 5.75 Å². The van der Waals surface area contributed by atoms with Crippen LogP contribution in [-0.4, -0.2) is 49.7 Å². The number of carboxylic acids is 1. The van der Waals surface area contributed by atoms with E-state index in [4.69, 9.17) is 14.2 Å². The molecule has 0 bridgehead atoms. The van der Waals surface area contributed by atoms with Crippen LogP contribution < -0.4 is 10.2 Å². The second-order valence-electron chi connectivity index (χ2n) is 8.76. The van der Waals surface area contributed by atoms with Crippen molar-refractivity contribution in [2.24, 2.45) is 5.41 Å². The predicted octanol–water partition coefficient (Wildman–Crippen LogP) is 3.71. The summed E-state index contributed by atoms with van der Waals surface area (Å²) in [5.41, 5.74) is 2.68. The van der Waals surface area contributed by atoms with Crippen LogP contribution in [0.3, 0.4) is 0 Å². The van der Waals surface area contributed by atoms with E-state index in [-0.39, 0.29) is 17.0 Å². The SMILES string of the molecule is COCCCOc1cc2c(cc1C)-c1cc(=O)c(C(=O)O)cn1[C@@H](C(C)(C)COC)C2. The number of aryl methyl sites for hydroxylation is 1. The lowest BCUT2D eigenvalue weighted by molar-refractivity contribution is 0.0615. The molecule has 7 nitrogen and oxygen atoms in total. The molecule has 1 aliphatic heterocycles. The molecule has 0 amide bonds. The molecule has 168 valence electrons. The Kier molecular flexibility index (Phi) is 6.86. The van der Waals surface area contributed by atoms with E-state index in [9.17, 15) is 14.7 Å². The maximum atomic E-state index is 12.5. The zero-order valence-electron chi connectivity index (χ0n) is 18.9. The molecule has 7 heteroatoms. The number of methoxy groups -OCH3 is 2. The molecule has 0 fully saturated rings. The number of benzene rings is 1. The minimum absolute atomic E-state index is 0.0855. The average molecular weight is 430 g/mol. The number of nitrogens with zero attached hydrogens (tertiary/aromatic N) is 1. The fourth-order valence-corrected chi connectivity index (χ4v) is 4.29. The Bertz CT molecular complexity index is 1020. The van der Waals surface area contributed by atoms with Gasteiger partial charge in [0.15, 0.2) is 5.43 Å². The summed E-state index contributed by atoms with van der Waals surface area (Å²) in [7, 11) is 3.32. The van der Waals surface area contributed by atoms with Crippen LogP contribution in [0.25, 0.3) is 11.3 Å². The second kappa shape index (κ2) is 9.24. The van der Waals surface area contributed by atoms with Crippen LogP contribution >= 0.6 is 0 Å². The molecule has 1 N–H and O–H groups in total. The summed E-state index contributed by atoms with van der Waals surface area (Å²) in [6.07, 6.45) is 2.96. The molecule has 1 aliphatic rings. The number of aromatic nitrogens is 1. The number of ether oxygens (including phenoxy) is 3. The lowest BCUT2D eigenvalue weighted by Gasteiger charge is -2.40. The molecule has 3 rings (SSSR count). The summed E-state index contributed by atoms with van der Waals surface area (Å²) in [6, 6.07) is 5.42. The zero-order chi connectivity index (χ0) is 22.8. The van der Waals surface area contributed by atoms with Crippen molar-refractivity contribution in [2.45, 2.75) is 39.7 Å². The molecule has 1 aromatic carbocycles. The number of hydrogen-bond acceptors (Lipinski definition) is 5. The number of fused-ring (bicyclic) bond motifs is 3. The molecule has 2 aromatic rings. The lowest BCUT2D eigenvalue weighted by atomic mass is 9.77. The maximum absolute atomic E-state index is 12.5. The van der Waals surface area contributed by atoms with E-state index in [0.29, 0.717) is 26.2 Å². The smallest absolute Gasteiger partial charge is 0.341 e. The molecule has 0 spiro atoms. The van der Waals surface area contributed by atoms with Gasteiger partial charge in [0.1, 0.15) is 11.3 Å². The van der Waals surface area contributed by atoms with Gasteiger partial charge >= 0.3 is 5.97 Å². The molecule has 1 aromatic heterocycles. The highest BCUT2D eigenvalue weighted by atomic mass is 16.5. The first-order valence-corrected chi connectivity index (χ1v) is 10.4. The van der Waals surface area contributed by atoms with Crippen LogP contribution in [0.4, 0.5) is 0 Å². The topological polar surface area (TPSA) is 87.0 Å². The monoisotopic (exact) mass is 429 g/mol. The number of aromatic carboxylic acids is 1. The number of hydrogen-bond donors (Lipinski definition) is 1. The third kappa shape index (κ3) is 4.67. The summed E-state index contributed by atoms with van der Waals surface area (Å²) in [5.74, 6) is -0.401. The fraction of sp³-hybridized carbons (Fsp3) is 0.500.